The minimum atomic E-state index is 0.757. The van der Waals surface area contributed by atoms with Gasteiger partial charge in [-0.2, -0.15) is 0 Å². The molecule has 2 rings (SSSR count). The summed E-state index contributed by atoms with van der Waals surface area (Å²) >= 11 is 6.20. The Labute approximate surface area is 101 Å². The molecule has 0 saturated heterocycles. The van der Waals surface area contributed by atoms with Crippen LogP contribution in [0.1, 0.15) is 23.8 Å². The summed E-state index contributed by atoms with van der Waals surface area (Å²) < 4.78 is 5.87. The van der Waals surface area contributed by atoms with Crippen molar-refractivity contribution in [3.05, 3.63) is 34.0 Å². The molecule has 0 amide bonds. The average molecular weight is 238 g/mol. The molecular formula is C13H16ClNO. The first-order chi connectivity index (χ1) is 7.65. The van der Waals surface area contributed by atoms with Crippen LogP contribution in [0.5, 0.6) is 0 Å². The average Bonchev–Trinajstić information content (AvgIpc) is 2.60. The topological polar surface area (TPSA) is 25.2 Å². The Hall–Kier alpha value is -0.990. The van der Waals surface area contributed by atoms with Crippen LogP contribution in [-0.4, -0.2) is 6.54 Å². The number of hydrogen-bond acceptors (Lipinski definition) is 2. The first kappa shape index (κ1) is 11.5. The van der Waals surface area contributed by atoms with Gasteiger partial charge in [0.25, 0.3) is 0 Å². The van der Waals surface area contributed by atoms with E-state index >= 15 is 0 Å². The van der Waals surface area contributed by atoms with Crippen molar-refractivity contribution in [1.29, 1.82) is 0 Å². The van der Waals surface area contributed by atoms with Gasteiger partial charge < -0.3 is 9.73 Å². The summed E-state index contributed by atoms with van der Waals surface area (Å²) in [5.41, 5.74) is 3.19. The molecule has 2 aromatic rings. The summed E-state index contributed by atoms with van der Waals surface area (Å²) in [5, 5.41) is 5.09. The Morgan fingerprint density at radius 2 is 2.06 bits per heavy atom. The highest BCUT2D eigenvalue weighted by molar-refractivity contribution is 6.35. The Morgan fingerprint density at radius 1 is 1.31 bits per heavy atom. The zero-order valence-corrected chi connectivity index (χ0v) is 10.6. The number of aryl methyl sites for hydroxylation is 2. The van der Waals surface area contributed by atoms with Gasteiger partial charge in [-0.05, 0) is 32.0 Å². The van der Waals surface area contributed by atoms with Gasteiger partial charge >= 0.3 is 0 Å². The molecule has 2 nitrogen and oxygen atoms in total. The van der Waals surface area contributed by atoms with E-state index in [0.29, 0.717) is 0 Å². The van der Waals surface area contributed by atoms with E-state index in [9.17, 15) is 0 Å². The second kappa shape index (κ2) is 4.48. The van der Waals surface area contributed by atoms with E-state index in [4.69, 9.17) is 16.0 Å². The highest BCUT2D eigenvalue weighted by Crippen LogP contribution is 2.33. The normalized spacial score (nSPS) is 11.2. The molecule has 3 heteroatoms. The van der Waals surface area contributed by atoms with E-state index in [2.05, 4.69) is 19.2 Å². The number of rotatable bonds is 3. The summed E-state index contributed by atoms with van der Waals surface area (Å²) in [6.07, 6.45) is 0. The van der Waals surface area contributed by atoms with Gasteiger partial charge in [0.05, 0.1) is 11.6 Å². The van der Waals surface area contributed by atoms with Gasteiger partial charge in [0, 0.05) is 10.9 Å². The molecule has 0 aliphatic heterocycles. The predicted octanol–water partition coefficient (Wildman–Crippen LogP) is 3.81. The number of benzene rings is 1. The van der Waals surface area contributed by atoms with Crippen LogP contribution in [0.4, 0.5) is 0 Å². The second-order valence-electron chi connectivity index (χ2n) is 4.00. The van der Waals surface area contributed by atoms with E-state index in [1.807, 2.05) is 19.1 Å². The lowest BCUT2D eigenvalue weighted by atomic mass is 10.1. The number of hydrogen-bond donors (Lipinski definition) is 1. The molecule has 16 heavy (non-hydrogen) atoms. The Balaban J connectivity index is 2.58. The Morgan fingerprint density at radius 3 is 2.69 bits per heavy atom. The molecule has 1 aromatic carbocycles. The van der Waals surface area contributed by atoms with Crippen molar-refractivity contribution in [1.82, 2.24) is 5.32 Å². The smallest absolute Gasteiger partial charge is 0.139 e. The monoisotopic (exact) mass is 237 g/mol. The van der Waals surface area contributed by atoms with Gasteiger partial charge in [0.2, 0.25) is 0 Å². The van der Waals surface area contributed by atoms with Gasteiger partial charge in [-0.15, -0.1) is 0 Å². The van der Waals surface area contributed by atoms with Crippen LogP contribution in [0.15, 0.2) is 16.5 Å². The van der Waals surface area contributed by atoms with Crippen molar-refractivity contribution in [2.24, 2.45) is 0 Å². The fourth-order valence-corrected chi connectivity index (χ4v) is 2.18. The predicted molar refractivity (Wildman–Crippen MR) is 68.1 cm³/mol. The standard InChI is InChI=1S/C13H16ClNO/c1-4-15-7-11-9(3)12-10(14)6-5-8(2)13(12)16-11/h5-6,15H,4,7H2,1-3H3. The Kier molecular flexibility index (Phi) is 3.22. The van der Waals surface area contributed by atoms with E-state index in [1.165, 1.54) is 0 Å². The summed E-state index contributed by atoms with van der Waals surface area (Å²) in [6, 6.07) is 3.92. The van der Waals surface area contributed by atoms with Crippen molar-refractivity contribution in [3.63, 3.8) is 0 Å². The summed E-state index contributed by atoms with van der Waals surface area (Å²) in [4.78, 5) is 0. The molecule has 0 saturated carbocycles. The molecule has 0 atom stereocenters. The molecule has 86 valence electrons. The third kappa shape index (κ3) is 1.83. The minimum Gasteiger partial charge on any atom is -0.459 e. The first-order valence-corrected chi connectivity index (χ1v) is 5.90. The molecule has 0 bridgehead atoms. The van der Waals surface area contributed by atoms with Crippen molar-refractivity contribution < 1.29 is 4.42 Å². The molecule has 0 fully saturated rings. The van der Waals surface area contributed by atoms with Gasteiger partial charge in [-0.1, -0.05) is 24.6 Å². The van der Waals surface area contributed by atoms with Gasteiger partial charge in [-0.25, -0.2) is 0 Å². The second-order valence-corrected chi connectivity index (χ2v) is 4.41. The third-order valence-electron chi connectivity index (χ3n) is 2.86. The summed E-state index contributed by atoms with van der Waals surface area (Å²) in [7, 11) is 0. The molecule has 0 aliphatic rings. The zero-order chi connectivity index (χ0) is 11.7. The molecule has 1 aromatic heterocycles. The largest absolute Gasteiger partial charge is 0.459 e. The molecule has 1 N–H and O–H groups in total. The SMILES string of the molecule is CCNCc1oc2c(C)ccc(Cl)c2c1C. The fourth-order valence-electron chi connectivity index (χ4n) is 1.89. The molecule has 0 unspecified atom stereocenters. The minimum absolute atomic E-state index is 0.757. The van der Waals surface area contributed by atoms with Crippen molar-refractivity contribution in [2.45, 2.75) is 27.3 Å². The van der Waals surface area contributed by atoms with Crippen molar-refractivity contribution in [3.8, 4) is 0 Å². The number of furan rings is 1. The van der Waals surface area contributed by atoms with Crippen LogP contribution < -0.4 is 5.32 Å². The third-order valence-corrected chi connectivity index (χ3v) is 3.17. The van der Waals surface area contributed by atoms with Crippen LogP contribution in [-0.2, 0) is 6.54 Å². The zero-order valence-electron chi connectivity index (χ0n) is 9.86. The lowest BCUT2D eigenvalue weighted by Crippen LogP contribution is -2.11. The maximum atomic E-state index is 6.20. The highest BCUT2D eigenvalue weighted by Gasteiger charge is 2.14. The molecular weight excluding hydrogens is 222 g/mol. The molecule has 0 spiro atoms. The van der Waals surface area contributed by atoms with Crippen molar-refractivity contribution >= 4 is 22.6 Å². The number of fused-ring (bicyclic) bond motifs is 1. The first-order valence-electron chi connectivity index (χ1n) is 5.53. The number of halogens is 1. The summed E-state index contributed by atoms with van der Waals surface area (Å²) in [6.45, 7) is 7.87. The quantitative estimate of drug-likeness (QED) is 0.878. The Bertz CT molecular complexity index is 516. The number of nitrogens with one attached hydrogen (secondary N) is 1. The summed E-state index contributed by atoms with van der Waals surface area (Å²) in [5.74, 6) is 0.980. The van der Waals surface area contributed by atoms with E-state index < -0.39 is 0 Å². The van der Waals surface area contributed by atoms with E-state index in [0.717, 1.165) is 46.0 Å². The van der Waals surface area contributed by atoms with Crippen LogP contribution in [0.3, 0.4) is 0 Å². The van der Waals surface area contributed by atoms with Gasteiger partial charge in [-0.3, -0.25) is 0 Å². The van der Waals surface area contributed by atoms with Crippen LogP contribution >= 0.6 is 11.6 Å². The highest BCUT2D eigenvalue weighted by atomic mass is 35.5. The molecule has 0 radical (unpaired) electrons. The van der Waals surface area contributed by atoms with Crippen LogP contribution in [0.2, 0.25) is 5.02 Å². The lowest BCUT2D eigenvalue weighted by molar-refractivity contribution is 0.515. The fraction of sp³-hybridized carbons (Fsp3) is 0.385. The van der Waals surface area contributed by atoms with Crippen LogP contribution in [0.25, 0.3) is 11.0 Å². The maximum absolute atomic E-state index is 6.20. The van der Waals surface area contributed by atoms with Crippen LogP contribution in [0, 0.1) is 13.8 Å². The van der Waals surface area contributed by atoms with E-state index in [-0.39, 0.29) is 0 Å². The lowest BCUT2D eigenvalue weighted by Gasteiger charge is -1.98. The molecule has 1 heterocycles. The molecule has 0 aliphatic carbocycles. The van der Waals surface area contributed by atoms with Gasteiger partial charge in [0.15, 0.2) is 0 Å². The van der Waals surface area contributed by atoms with Gasteiger partial charge in [0.1, 0.15) is 11.3 Å². The van der Waals surface area contributed by atoms with E-state index in [1.54, 1.807) is 0 Å². The van der Waals surface area contributed by atoms with Crippen molar-refractivity contribution in [2.75, 3.05) is 6.54 Å². The maximum Gasteiger partial charge on any atom is 0.139 e.